The molecule has 1 aliphatic rings. The summed E-state index contributed by atoms with van der Waals surface area (Å²) in [5.74, 6) is 1.75. The third-order valence-corrected chi connectivity index (χ3v) is 6.91. The summed E-state index contributed by atoms with van der Waals surface area (Å²) in [4.78, 5) is 21.0. The van der Waals surface area contributed by atoms with Crippen LogP contribution in [0, 0.1) is 6.92 Å². The van der Waals surface area contributed by atoms with Crippen LogP contribution in [0.4, 0.5) is 5.95 Å². The average Bonchev–Trinajstić information content (AvgIpc) is 3.49. The SMILES string of the molecule is COC1CCN(c2nccc(Cc3cc4c(cn3)nc(C)n4Cc3cccc4[nH]ncc34)n2)CC1. The summed E-state index contributed by atoms with van der Waals surface area (Å²) in [5.41, 5.74) is 6.14. The fourth-order valence-electron chi connectivity index (χ4n) is 4.94. The van der Waals surface area contributed by atoms with Gasteiger partial charge >= 0.3 is 0 Å². The lowest BCUT2D eigenvalue weighted by Crippen LogP contribution is -2.37. The summed E-state index contributed by atoms with van der Waals surface area (Å²) >= 11 is 0. The largest absolute Gasteiger partial charge is 0.381 e. The molecule has 0 aliphatic carbocycles. The quantitative estimate of drug-likeness (QED) is 0.406. The van der Waals surface area contributed by atoms with Gasteiger partial charge in [0.25, 0.3) is 0 Å². The molecule has 0 spiro atoms. The average molecular weight is 469 g/mol. The number of aryl methyl sites for hydroxylation is 1. The Morgan fingerprint density at radius 1 is 1.06 bits per heavy atom. The number of hydrogen-bond donors (Lipinski definition) is 1. The molecule has 1 saturated heterocycles. The van der Waals surface area contributed by atoms with Gasteiger partial charge in [0, 0.05) is 43.9 Å². The fourth-order valence-corrected chi connectivity index (χ4v) is 4.94. The Hall–Kier alpha value is -3.85. The fraction of sp³-hybridized carbons (Fsp3) is 0.346. The third-order valence-electron chi connectivity index (χ3n) is 6.91. The van der Waals surface area contributed by atoms with Crippen LogP contribution in [-0.2, 0) is 17.7 Å². The monoisotopic (exact) mass is 468 g/mol. The molecule has 0 unspecified atom stereocenters. The zero-order valence-corrected chi connectivity index (χ0v) is 20.0. The van der Waals surface area contributed by atoms with Crippen LogP contribution in [0.5, 0.6) is 0 Å². The number of aromatic nitrogens is 7. The predicted octanol–water partition coefficient (Wildman–Crippen LogP) is 3.66. The lowest BCUT2D eigenvalue weighted by molar-refractivity contribution is 0.0816. The number of H-pyrrole nitrogens is 1. The summed E-state index contributed by atoms with van der Waals surface area (Å²) in [6.07, 6.45) is 8.57. The second-order valence-electron chi connectivity index (χ2n) is 9.10. The molecule has 1 aromatic carbocycles. The van der Waals surface area contributed by atoms with Crippen molar-refractivity contribution in [1.82, 2.24) is 34.7 Å². The molecule has 178 valence electrons. The number of hydrogen-bond acceptors (Lipinski definition) is 7. The third kappa shape index (κ3) is 4.23. The van der Waals surface area contributed by atoms with Crippen LogP contribution in [0.3, 0.4) is 0 Å². The van der Waals surface area contributed by atoms with E-state index in [0.29, 0.717) is 12.5 Å². The molecule has 4 aromatic heterocycles. The van der Waals surface area contributed by atoms with Crippen molar-refractivity contribution in [1.29, 1.82) is 0 Å². The molecule has 5 aromatic rings. The van der Waals surface area contributed by atoms with Gasteiger partial charge in [0.2, 0.25) is 5.95 Å². The van der Waals surface area contributed by atoms with Crippen LogP contribution < -0.4 is 4.90 Å². The van der Waals surface area contributed by atoms with Gasteiger partial charge in [-0.25, -0.2) is 15.0 Å². The van der Waals surface area contributed by atoms with Crippen molar-refractivity contribution >= 4 is 27.9 Å². The number of nitrogens with zero attached hydrogens (tertiary/aromatic N) is 7. The Labute approximate surface area is 203 Å². The highest BCUT2D eigenvalue weighted by Crippen LogP contribution is 2.23. The summed E-state index contributed by atoms with van der Waals surface area (Å²) in [6.45, 7) is 4.58. The van der Waals surface area contributed by atoms with Crippen molar-refractivity contribution in [3.63, 3.8) is 0 Å². The van der Waals surface area contributed by atoms with Crippen LogP contribution in [0.25, 0.3) is 21.9 Å². The summed E-state index contributed by atoms with van der Waals surface area (Å²) in [7, 11) is 1.78. The van der Waals surface area contributed by atoms with Gasteiger partial charge in [0.15, 0.2) is 0 Å². The number of anilines is 1. The Bertz CT molecular complexity index is 1480. The molecule has 0 amide bonds. The molecule has 0 bridgehead atoms. The van der Waals surface area contributed by atoms with E-state index in [1.54, 1.807) is 7.11 Å². The van der Waals surface area contributed by atoms with Crippen LogP contribution in [0.2, 0.25) is 0 Å². The molecule has 1 N–H and O–H groups in total. The van der Waals surface area contributed by atoms with Crippen LogP contribution >= 0.6 is 0 Å². The molecular formula is C26H28N8O. The lowest BCUT2D eigenvalue weighted by Gasteiger charge is -2.31. The molecule has 6 rings (SSSR count). The van der Waals surface area contributed by atoms with E-state index in [1.165, 1.54) is 5.56 Å². The number of nitrogens with one attached hydrogen (secondary N) is 1. The minimum Gasteiger partial charge on any atom is -0.381 e. The van der Waals surface area contributed by atoms with E-state index in [1.807, 2.05) is 37.6 Å². The number of methoxy groups -OCH3 is 1. The van der Waals surface area contributed by atoms with Gasteiger partial charge in [0.05, 0.1) is 41.8 Å². The normalized spacial score (nSPS) is 14.9. The van der Waals surface area contributed by atoms with E-state index in [-0.39, 0.29) is 0 Å². The molecule has 5 heterocycles. The zero-order chi connectivity index (χ0) is 23.8. The molecule has 1 fully saturated rings. The molecule has 9 nitrogen and oxygen atoms in total. The number of ether oxygens (including phenoxy) is 1. The topological polar surface area (TPSA) is 97.6 Å². The summed E-state index contributed by atoms with van der Waals surface area (Å²) in [6, 6.07) is 10.4. The Morgan fingerprint density at radius 2 is 1.94 bits per heavy atom. The highest BCUT2D eigenvalue weighted by Gasteiger charge is 2.21. The molecular weight excluding hydrogens is 440 g/mol. The highest BCUT2D eigenvalue weighted by molar-refractivity contribution is 5.82. The maximum absolute atomic E-state index is 5.49. The van der Waals surface area contributed by atoms with Gasteiger partial charge in [-0.1, -0.05) is 12.1 Å². The van der Waals surface area contributed by atoms with Gasteiger partial charge in [0.1, 0.15) is 11.3 Å². The van der Waals surface area contributed by atoms with Crippen LogP contribution in [0.15, 0.2) is 48.9 Å². The van der Waals surface area contributed by atoms with Gasteiger partial charge < -0.3 is 14.2 Å². The highest BCUT2D eigenvalue weighted by atomic mass is 16.5. The number of rotatable bonds is 6. The maximum Gasteiger partial charge on any atom is 0.225 e. The first-order valence-electron chi connectivity index (χ1n) is 12.0. The minimum atomic E-state index is 0.333. The lowest BCUT2D eigenvalue weighted by atomic mass is 10.1. The van der Waals surface area contributed by atoms with E-state index in [0.717, 1.165) is 77.6 Å². The van der Waals surface area contributed by atoms with Crippen molar-refractivity contribution in [2.24, 2.45) is 0 Å². The minimum absolute atomic E-state index is 0.333. The molecule has 35 heavy (non-hydrogen) atoms. The number of pyridine rings is 1. The van der Waals surface area contributed by atoms with Crippen molar-refractivity contribution in [3.8, 4) is 0 Å². The predicted molar refractivity (Wildman–Crippen MR) is 135 cm³/mol. The van der Waals surface area contributed by atoms with Crippen molar-refractivity contribution in [2.75, 3.05) is 25.1 Å². The van der Waals surface area contributed by atoms with Crippen molar-refractivity contribution < 1.29 is 4.74 Å². The number of benzene rings is 1. The van der Waals surface area contributed by atoms with E-state index < -0.39 is 0 Å². The smallest absolute Gasteiger partial charge is 0.225 e. The standard InChI is InChI=1S/C26H28N8O/c1-17-30-24-15-28-20(12-19-6-9-27-26(31-19)33-10-7-21(35-2)8-11-33)13-25(24)34(17)16-18-4-3-5-23-22(18)14-29-32-23/h3-6,9,13-15,21H,7-8,10-12,16H2,1-2H3,(H,29,32). The van der Waals surface area contributed by atoms with Crippen molar-refractivity contribution in [2.45, 2.75) is 38.8 Å². The number of imidazole rings is 1. The Kier molecular flexibility index (Phi) is 5.61. The van der Waals surface area contributed by atoms with E-state index in [2.05, 4.69) is 47.8 Å². The number of aromatic amines is 1. The molecule has 0 radical (unpaired) electrons. The Balaban J connectivity index is 1.26. The van der Waals surface area contributed by atoms with Gasteiger partial charge in [-0.15, -0.1) is 0 Å². The maximum atomic E-state index is 5.49. The molecule has 1 aliphatic heterocycles. The van der Waals surface area contributed by atoms with Crippen LogP contribution in [0.1, 0.15) is 35.6 Å². The van der Waals surface area contributed by atoms with Crippen molar-refractivity contribution in [3.05, 3.63) is 71.7 Å². The summed E-state index contributed by atoms with van der Waals surface area (Å²) in [5, 5.41) is 8.39. The van der Waals surface area contributed by atoms with Gasteiger partial charge in [-0.3, -0.25) is 10.1 Å². The molecule has 0 atom stereocenters. The summed E-state index contributed by atoms with van der Waals surface area (Å²) < 4.78 is 7.74. The first-order chi connectivity index (χ1) is 17.2. The molecule has 9 heteroatoms. The first-order valence-corrected chi connectivity index (χ1v) is 12.0. The van der Waals surface area contributed by atoms with E-state index >= 15 is 0 Å². The number of piperidine rings is 1. The second kappa shape index (κ2) is 9.07. The zero-order valence-electron chi connectivity index (χ0n) is 20.0. The van der Waals surface area contributed by atoms with E-state index in [4.69, 9.17) is 14.7 Å². The second-order valence-corrected chi connectivity index (χ2v) is 9.10. The Morgan fingerprint density at radius 3 is 2.80 bits per heavy atom. The first kappa shape index (κ1) is 21.7. The van der Waals surface area contributed by atoms with E-state index in [9.17, 15) is 0 Å². The van der Waals surface area contributed by atoms with Gasteiger partial charge in [-0.2, -0.15) is 5.10 Å². The molecule has 0 saturated carbocycles. The van der Waals surface area contributed by atoms with Crippen LogP contribution in [-0.4, -0.2) is 61.0 Å². The van der Waals surface area contributed by atoms with Gasteiger partial charge in [-0.05, 0) is 43.5 Å². The number of fused-ring (bicyclic) bond motifs is 2.